The van der Waals surface area contributed by atoms with Crippen LogP contribution in [0, 0.1) is 5.82 Å². The van der Waals surface area contributed by atoms with E-state index < -0.39 is 0 Å². The largest absolute Gasteiger partial charge is 0.383 e. The van der Waals surface area contributed by atoms with Crippen molar-refractivity contribution in [3.05, 3.63) is 53.8 Å². The third kappa shape index (κ3) is 5.38. The molecule has 0 heterocycles. The predicted octanol–water partition coefficient (Wildman–Crippen LogP) is 6.44. The number of nitrogens with one attached hydrogen (secondary N) is 1. The van der Waals surface area contributed by atoms with Crippen molar-refractivity contribution in [2.24, 2.45) is 0 Å². The van der Waals surface area contributed by atoms with E-state index in [9.17, 15) is 4.39 Å². The van der Waals surface area contributed by atoms with E-state index in [0.29, 0.717) is 5.69 Å². The van der Waals surface area contributed by atoms with E-state index >= 15 is 0 Å². The van der Waals surface area contributed by atoms with Crippen molar-refractivity contribution in [3.63, 3.8) is 0 Å². The third-order valence-corrected chi connectivity index (χ3v) is 4.17. The Labute approximate surface area is 139 Å². The zero-order valence-corrected chi connectivity index (χ0v) is 14.4. The van der Waals surface area contributed by atoms with E-state index in [4.69, 9.17) is 0 Å². The van der Waals surface area contributed by atoms with Crippen LogP contribution >= 0.6 is 0 Å². The summed E-state index contributed by atoms with van der Waals surface area (Å²) < 4.78 is 14.2. The summed E-state index contributed by atoms with van der Waals surface area (Å²) in [6.45, 7) is 5.17. The molecule has 0 amide bonds. The van der Waals surface area contributed by atoms with Crippen LogP contribution in [0.5, 0.6) is 0 Å². The molecule has 2 aromatic carbocycles. The van der Waals surface area contributed by atoms with Crippen LogP contribution in [0.3, 0.4) is 0 Å². The van der Waals surface area contributed by atoms with Crippen LogP contribution in [0.15, 0.2) is 42.5 Å². The summed E-state index contributed by atoms with van der Waals surface area (Å²) in [5.41, 5.74) is 3.96. The van der Waals surface area contributed by atoms with Gasteiger partial charge in [0.05, 0.1) is 5.69 Å². The van der Waals surface area contributed by atoms with E-state index in [0.717, 1.165) is 36.9 Å². The van der Waals surface area contributed by atoms with E-state index in [2.05, 4.69) is 43.4 Å². The second kappa shape index (κ2) is 9.34. The lowest BCUT2D eigenvalue weighted by molar-refractivity contribution is 0.630. The fourth-order valence-electron chi connectivity index (χ4n) is 2.68. The number of benzene rings is 2. The highest BCUT2D eigenvalue weighted by molar-refractivity contribution is 5.66. The van der Waals surface area contributed by atoms with E-state index in [1.165, 1.54) is 24.8 Å². The normalized spacial score (nSPS) is 10.7. The van der Waals surface area contributed by atoms with Crippen LogP contribution in [0.4, 0.5) is 10.1 Å². The van der Waals surface area contributed by atoms with Crippen molar-refractivity contribution in [2.45, 2.75) is 52.4 Å². The second-order valence-electron chi connectivity index (χ2n) is 6.13. The highest BCUT2D eigenvalue weighted by atomic mass is 19.1. The topological polar surface area (TPSA) is 12.0 Å². The van der Waals surface area contributed by atoms with Crippen molar-refractivity contribution >= 4 is 5.69 Å². The number of hydrogen-bond donors (Lipinski definition) is 1. The van der Waals surface area contributed by atoms with Gasteiger partial charge in [-0.1, -0.05) is 63.4 Å². The zero-order valence-electron chi connectivity index (χ0n) is 14.4. The zero-order chi connectivity index (χ0) is 16.5. The first kappa shape index (κ1) is 17.5. The van der Waals surface area contributed by atoms with Crippen molar-refractivity contribution in [2.75, 3.05) is 11.9 Å². The molecule has 0 unspecified atom stereocenters. The molecule has 23 heavy (non-hydrogen) atoms. The average Bonchev–Trinajstić information content (AvgIpc) is 2.57. The third-order valence-electron chi connectivity index (χ3n) is 4.17. The molecule has 0 aliphatic rings. The van der Waals surface area contributed by atoms with Gasteiger partial charge < -0.3 is 5.32 Å². The number of hydrogen-bond acceptors (Lipinski definition) is 1. The smallest absolute Gasteiger partial charge is 0.146 e. The van der Waals surface area contributed by atoms with Gasteiger partial charge in [-0.3, -0.25) is 0 Å². The summed E-state index contributed by atoms with van der Waals surface area (Å²) in [5, 5.41) is 3.16. The second-order valence-corrected chi connectivity index (χ2v) is 6.13. The van der Waals surface area contributed by atoms with Gasteiger partial charge >= 0.3 is 0 Å². The maximum atomic E-state index is 14.2. The standard InChI is InChI=1S/C21H28FN/c1-3-5-7-8-17-9-11-18(12-10-17)19-13-14-21(20(22)16-19)23-15-6-4-2/h9-14,16,23H,3-8,15H2,1-2H3. The SMILES string of the molecule is CCCCCc1ccc(-c2ccc(NCCCC)c(F)c2)cc1. The summed E-state index contributed by atoms with van der Waals surface area (Å²) in [7, 11) is 0. The number of anilines is 1. The Morgan fingerprint density at radius 1 is 0.826 bits per heavy atom. The van der Waals surface area contributed by atoms with E-state index in [1.54, 1.807) is 6.07 Å². The Hall–Kier alpha value is -1.83. The maximum Gasteiger partial charge on any atom is 0.146 e. The van der Waals surface area contributed by atoms with Crippen LogP contribution in [0.1, 0.15) is 51.5 Å². The fourth-order valence-corrected chi connectivity index (χ4v) is 2.68. The molecule has 1 nitrogen and oxygen atoms in total. The number of rotatable bonds is 9. The molecule has 0 atom stereocenters. The van der Waals surface area contributed by atoms with Crippen LogP contribution in [-0.2, 0) is 6.42 Å². The van der Waals surface area contributed by atoms with Gasteiger partial charge in [0.1, 0.15) is 5.82 Å². The van der Waals surface area contributed by atoms with Gasteiger partial charge in [0.25, 0.3) is 0 Å². The van der Waals surface area contributed by atoms with Gasteiger partial charge in [-0.15, -0.1) is 0 Å². The molecule has 124 valence electrons. The molecule has 1 N–H and O–H groups in total. The van der Waals surface area contributed by atoms with E-state index in [1.807, 2.05) is 12.1 Å². The molecule has 0 aromatic heterocycles. The van der Waals surface area contributed by atoms with Crippen LogP contribution in [0.25, 0.3) is 11.1 Å². The summed E-state index contributed by atoms with van der Waals surface area (Å²) in [6.07, 6.45) is 7.05. The summed E-state index contributed by atoms with van der Waals surface area (Å²) in [5.74, 6) is -0.175. The van der Waals surface area contributed by atoms with Gasteiger partial charge in [-0.2, -0.15) is 0 Å². The monoisotopic (exact) mass is 313 g/mol. The minimum atomic E-state index is -0.175. The Morgan fingerprint density at radius 3 is 2.17 bits per heavy atom. The van der Waals surface area contributed by atoms with Crippen molar-refractivity contribution in [3.8, 4) is 11.1 Å². The average molecular weight is 313 g/mol. The molecule has 0 spiro atoms. The molecule has 0 saturated carbocycles. The lowest BCUT2D eigenvalue weighted by Crippen LogP contribution is -2.02. The fraction of sp³-hybridized carbons (Fsp3) is 0.429. The van der Waals surface area contributed by atoms with Crippen molar-refractivity contribution < 1.29 is 4.39 Å². The summed E-state index contributed by atoms with van der Waals surface area (Å²) in [6, 6.07) is 14.0. The molecule has 0 radical (unpaired) electrons. The Bertz CT molecular complexity index is 589. The van der Waals surface area contributed by atoms with Gasteiger partial charge in [0, 0.05) is 6.54 Å². The van der Waals surface area contributed by atoms with Crippen molar-refractivity contribution in [1.29, 1.82) is 0 Å². The van der Waals surface area contributed by atoms with Crippen LogP contribution in [-0.4, -0.2) is 6.54 Å². The van der Waals surface area contributed by atoms with E-state index in [-0.39, 0.29) is 5.82 Å². The first-order chi connectivity index (χ1) is 11.2. The minimum Gasteiger partial charge on any atom is -0.383 e. The Balaban J connectivity index is 2.02. The first-order valence-electron chi connectivity index (χ1n) is 8.87. The molecule has 2 aromatic rings. The molecular weight excluding hydrogens is 285 g/mol. The summed E-state index contributed by atoms with van der Waals surface area (Å²) in [4.78, 5) is 0. The highest BCUT2D eigenvalue weighted by Crippen LogP contribution is 2.25. The maximum absolute atomic E-state index is 14.2. The molecule has 0 fully saturated rings. The van der Waals surface area contributed by atoms with Crippen LogP contribution < -0.4 is 5.32 Å². The lowest BCUT2D eigenvalue weighted by Gasteiger charge is -2.09. The van der Waals surface area contributed by atoms with Crippen molar-refractivity contribution in [1.82, 2.24) is 0 Å². The Kier molecular flexibility index (Phi) is 7.12. The number of aryl methyl sites for hydroxylation is 1. The molecule has 2 heteroatoms. The highest BCUT2D eigenvalue weighted by Gasteiger charge is 2.05. The van der Waals surface area contributed by atoms with Gasteiger partial charge in [0.2, 0.25) is 0 Å². The molecule has 0 saturated heterocycles. The molecule has 0 aliphatic heterocycles. The lowest BCUT2D eigenvalue weighted by atomic mass is 10.0. The quantitative estimate of drug-likeness (QED) is 0.525. The predicted molar refractivity (Wildman–Crippen MR) is 98.5 cm³/mol. The number of unbranched alkanes of at least 4 members (excludes halogenated alkanes) is 3. The van der Waals surface area contributed by atoms with Gasteiger partial charge in [-0.05, 0) is 48.1 Å². The molecular formula is C21H28FN. The summed E-state index contributed by atoms with van der Waals surface area (Å²) >= 11 is 0. The molecule has 0 bridgehead atoms. The molecule has 0 aliphatic carbocycles. The molecule has 2 rings (SSSR count). The minimum absolute atomic E-state index is 0.175. The van der Waals surface area contributed by atoms with Gasteiger partial charge in [-0.25, -0.2) is 4.39 Å². The van der Waals surface area contributed by atoms with Gasteiger partial charge in [0.15, 0.2) is 0 Å². The number of halogens is 1. The first-order valence-corrected chi connectivity index (χ1v) is 8.87. The Morgan fingerprint density at radius 2 is 1.52 bits per heavy atom. The van der Waals surface area contributed by atoms with Crippen LogP contribution in [0.2, 0.25) is 0 Å².